The first-order chi connectivity index (χ1) is 11.4. The highest BCUT2D eigenvalue weighted by atomic mass is 19.1. The van der Waals surface area contributed by atoms with Crippen LogP contribution in [0.25, 0.3) is 0 Å². The second kappa shape index (κ2) is 7.86. The number of carbonyl (C=O) groups is 3. The third-order valence-electron chi connectivity index (χ3n) is 2.74. The number of aromatic nitrogens is 1. The van der Waals surface area contributed by atoms with E-state index in [0.717, 1.165) is 6.07 Å². The molecule has 0 saturated heterocycles. The van der Waals surface area contributed by atoms with E-state index in [1.54, 1.807) is 6.92 Å². The molecule has 0 saturated carbocycles. The molecule has 1 heterocycles. The third kappa shape index (κ3) is 5.20. The summed E-state index contributed by atoms with van der Waals surface area (Å²) in [5, 5.41) is 8.18. The second-order valence-corrected chi connectivity index (χ2v) is 4.72. The molecule has 0 aliphatic rings. The Bertz CT molecular complexity index is 759. The molecule has 2 rings (SSSR count). The number of halogens is 1. The highest BCUT2D eigenvalue weighted by Gasteiger charge is 2.12. The number of aryl methyl sites for hydroxylation is 1. The molecule has 0 spiro atoms. The van der Waals surface area contributed by atoms with Crippen molar-refractivity contribution in [2.24, 2.45) is 0 Å². The average Bonchev–Trinajstić information content (AvgIpc) is 2.95. The van der Waals surface area contributed by atoms with Crippen molar-refractivity contribution in [3.8, 4) is 0 Å². The van der Waals surface area contributed by atoms with E-state index >= 15 is 0 Å². The van der Waals surface area contributed by atoms with Crippen LogP contribution in [0, 0.1) is 12.7 Å². The van der Waals surface area contributed by atoms with E-state index in [-0.39, 0.29) is 11.4 Å². The first-order valence-corrected chi connectivity index (χ1v) is 6.86. The largest absolute Gasteiger partial charge is 0.454 e. The Morgan fingerprint density at radius 1 is 1.29 bits per heavy atom. The van der Waals surface area contributed by atoms with Gasteiger partial charge in [0.15, 0.2) is 12.4 Å². The number of ether oxygens (including phenoxy) is 1. The molecular weight excluding hydrogens is 321 g/mol. The first kappa shape index (κ1) is 17.1. The molecule has 1 aromatic carbocycles. The van der Waals surface area contributed by atoms with Gasteiger partial charge in [-0.25, -0.2) is 4.39 Å². The van der Waals surface area contributed by atoms with Crippen LogP contribution in [0.5, 0.6) is 0 Å². The number of nitrogens with one attached hydrogen (secondary N) is 2. The number of hydrogen-bond acceptors (Lipinski definition) is 6. The fourth-order valence-corrected chi connectivity index (χ4v) is 1.69. The van der Waals surface area contributed by atoms with Gasteiger partial charge in [-0.3, -0.25) is 14.4 Å². The average molecular weight is 335 g/mol. The highest BCUT2D eigenvalue weighted by Crippen LogP contribution is 2.06. The molecule has 24 heavy (non-hydrogen) atoms. The number of benzene rings is 1. The summed E-state index contributed by atoms with van der Waals surface area (Å²) in [5.74, 6) is -1.89. The van der Waals surface area contributed by atoms with Crippen LogP contribution in [0.4, 0.5) is 10.2 Å². The van der Waals surface area contributed by atoms with Crippen molar-refractivity contribution in [3.05, 3.63) is 47.5 Å². The van der Waals surface area contributed by atoms with E-state index in [9.17, 15) is 18.8 Å². The van der Waals surface area contributed by atoms with Crippen LogP contribution in [0.2, 0.25) is 0 Å². The van der Waals surface area contributed by atoms with Gasteiger partial charge in [-0.1, -0.05) is 11.2 Å². The summed E-state index contributed by atoms with van der Waals surface area (Å²) in [7, 11) is 0. The standard InChI is InChI=1S/C15H14FN3O5/c1-9-5-12(19-24-9)18-13(20)8-23-14(21)7-17-15(22)10-3-2-4-11(16)6-10/h2-6H,7-8H2,1H3,(H,17,22)(H,18,19,20). The van der Waals surface area contributed by atoms with E-state index in [0.29, 0.717) is 5.76 Å². The smallest absolute Gasteiger partial charge is 0.325 e. The molecular formula is C15H14FN3O5. The van der Waals surface area contributed by atoms with Crippen LogP contribution < -0.4 is 10.6 Å². The zero-order chi connectivity index (χ0) is 17.5. The van der Waals surface area contributed by atoms with E-state index in [1.807, 2.05) is 0 Å². The number of hydrogen-bond donors (Lipinski definition) is 2. The van der Waals surface area contributed by atoms with Crippen molar-refractivity contribution in [2.45, 2.75) is 6.92 Å². The minimum atomic E-state index is -0.814. The maximum Gasteiger partial charge on any atom is 0.325 e. The van der Waals surface area contributed by atoms with Gasteiger partial charge in [0.05, 0.1) is 0 Å². The molecule has 9 heteroatoms. The Kier molecular flexibility index (Phi) is 5.61. The number of amides is 2. The van der Waals surface area contributed by atoms with Crippen LogP contribution in [0.1, 0.15) is 16.1 Å². The maximum absolute atomic E-state index is 13.0. The van der Waals surface area contributed by atoms with Crippen LogP contribution in [-0.2, 0) is 14.3 Å². The predicted octanol–water partition coefficient (Wildman–Crippen LogP) is 1.03. The Morgan fingerprint density at radius 3 is 2.75 bits per heavy atom. The molecule has 2 N–H and O–H groups in total. The minimum absolute atomic E-state index is 0.0712. The van der Waals surface area contributed by atoms with E-state index in [2.05, 4.69) is 15.8 Å². The number of rotatable bonds is 6. The molecule has 1 aromatic heterocycles. The lowest BCUT2D eigenvalue weighted by molar-refractivity contribution is -0.146. The highest BCUT2D eigenvalue weighted by molar-refractivity contribution is 5.96. The molecule has 2 aromatic rings. The Morgan fingerprint density at radius 2 is 2.08 bits per heavy atom. The van der Waals surface area contributed by atoms with Gasteiger partial charge in [-0.05, 0) is 25.1 Å². The fraction of sp³-hybridized carbons (Fsp3) is 0.200. The molecule has 0 radical (unpaired) electrons. The zero-order valence-corrected chi connectivity index (χ0v) is 12.7. The molecule has 8 nitrogen and oxygen atoms in total. The van der Waals surface area contributed by atoms with Crippen molar-refractivity contribution in [3.63, 3.8) is 0 Å². The SMILES string of the molecule is Cc1cc(NC(=O)COC(=O)CNC(=O)c2cccc(F)c2)no1. The fourth-order valence-electron chi connectivity index (χ4n) is 1.69. The van der Waals surface area contributed by atoms with Gasteiger partial charge in [-0.15, -0.1) is 0 Å². The summed E-state index contributed by atoms with van der Waals surface area (Å²) in [6.07, 6.45) is 0. The molecule has 0 unspecified atom stereocenters. The van der Waals surface area contributed by atoms with Gasteiger partial charge < -0.3 is 19.9 Å². The van der Waals surface area contributed by atoms with Crippen LogP contribution in [0.3, 0.4) is 0 Å². The summed E-state index contributed by atoms with van der Waals surface area (Å²) in [6, 6.07) is 6.50. The lowest BCUT2D eigenvalue weighted by atomic mass is 10.2. The quantitative estimate of drug-likeness (QED) is 0.763. The predicted molar refractivity (Wildman–Crippen MR) is 79.6 cm³/mol. The summed E-state index contributed by atoms with van der Waals surface area (Å²) in [5.41, 5.74) is 0.0712. The van der Waals surface area contributed by atoms with E-state index < -0.39 is 36.8 Å². The molecule has 126 valence electrons. The Labute approximate surface area is 136 Å². The van der Waals surface area contributed by atoms with Crippen molar-refractivity contribution in [1.82, 2.24) is 10.5 Å². The third-order valence-corrected chi connectivity index (χ3v) is 2.74. The summed E-state index contributed by atoms with van der Waals surface area (Å²) < 4.78 is 22.4. The molecule has 0 aliphatic heterocycles. The van der Waals surface area contributed by atoms with E-state index in [4.69, 9.17) is 9.26 Å². The monoisotopic (exact) mass is 335 g/mol. The van der Waals surface area contributed by atoms with Crippen molar-refractivity contribution in [1.29, 1.82) is 0 Å². The van der Waals surface area contributed by atoms with Gasteiger partial charge in [0.25, 0.3) is 11.8 Å². The van der Waals surface area contributed by atoms with Gasteiger partial charge in [-0.2, -0.15) is 0 Å². The van der Waals surface area contributed by atoms with Crippen molar-refractivity contribution < 1.29 is 28.0 Å². The topological polar surface area (TPSA) is 111 Å². The normalized spacial score (nSPS) is 10.1. The Balaban J connectivity index is 1.71. The van der Waals surface area contributed by atoms with Gasteiger partial charge in [0, 0.05) is 11.6 Å². The maximum atomic E-state index is 13.0. The van der Waals surface area contributed by atoms with Crippen LogP contribution in [-0.4, -0.2) is 36.1 Å². The number of carbonyl (C=O) groups excluding carboxylic acids is 3. The first-order valence-electron chi connectivity index (χ1n) is 6.86. The molecule has 0 fully saturated rings. The Hall–Kier alpha value is -3.23. The molecule has 0 atom stereocenters. The van der Waals surface area contributed by atoms with E-state index in [1.165, 1.54) is 24.3 Å². The number of anilines is 1. The number of esters is 1. The van der Waals surface area contributed by atoms with Gasteiger partial charge in [0.2, 0.25) is 0 Å². The minimum Gasteiger partial charge on any atom is -0.454 e. The number of nitrogens with zero attached hydrogens (tertiary/aromatic N) is 1. The summed E-state index contributed by atoms with van der Waals surface area (Å²) in [6.45, 7) is 0.663. The molecule has 0 aliphatic carbocycles. The summed E-state index contributed by atoms with van der Waals surface area (Å²) in [4.78, 5) is 34.7. The van der Waals surface area contributed by atoms with Crippen molar-refractivity contribution >= 4 is 23.6 Å². The molecule has 0 bridgehead atoms. The van der Waals surface area contributed by atoms with Crippen LogP contribution in [0.15, 0.2) is 34.9 Å². The lowest BCUT2D eigenvalue weighted by Gasteiger charge is -2.06. The zero-order valence-electron chi connectivity index (χ0n) is 12.7. The second-order valence-electron chi connectivity index (χ2n) is 4.72. The summed E-state index contributed by atoms with van der Waals surface area (Å²) >= 11 is 0. The van der Waals surface area contributed by atoms with Gasteiger partial charge in [0.1, 0.15) is 18.1 Å². The molecule has 2 amide bonds. The lowest BCUT2D eigenvalue weighted by Crippen LogP contribution is -2.32. The van der Waals surface area contributed by atoms with Crippen molar-refractivity contribution in [2.75, 3.05) is 18.5 Å². The van der Waals surface area contributed by atoms with Crippen LogP contribution >= 0.6 is 0 Å². The van der Waals surface area contributed by atoms with Gasteiger partial charge >= 0.3 is 5.97 Å².